The molecule has 2 aromatic heterocycles. The summed E-state index contributed by atoms with van der Waals surface area (Å²) >= 11 is 0. The largest absolute Gasteiger partial charge is 0.348 e. The predicted octanol–water partition coefficient (Wildman–Crippen LogP) is 2.52. The summed E-state index contributed by atoms with van der Waals surface area (Å²) in [5.74, 6) is 0.0629. The number of hydrogen-bond acceptors (Lipinski definition) is 4. The minimum Gasteiger partial charge on any atom is -0.348 e. The van der Waals surface area contributed by atoms with Crippen LogP contribution >= 0.6 is 0 Å². The zero-order valence-electron chi connectivity index (χ0n) is 13.6. The van der Waals surface area contributed by atoms with Gasteiger partial charge in [-0.3, -0.25) is 4.79 Å². The molecule has 0 saturated heterocycles. The van der Waals surface area contributed by atoms with Crippen molar-refractivity contribution in [1.82, 2.24) is 25.1 Å². The molecule has 7 heteroatoms. The molecular weight excluding hydrogens is 321 g/mol. The van der Waals surface area contributed by atoms with Crippen LogP contribution in [0.15, 0.2) is 61.3 Å². The second-order valence-corrected chi connectivity index (χ2v) is 5.38. The molecule has 0 bridgehead atoms. The Balaban J connectivity index is 1.69. The van der Waals surface area contributed by atoms with E-state index < -0.39 is 0 Å². The molecule has 0 spiro atoms. The summed E-state index contributed by atoms with van der Waals surface area (Å²) in [6.45, 7) is 2.10. The van der Waals surface area contributed by atoms with E-state index in [1.165, 1.54) is 24.5 Å². The van der Waals surface area contributed by atoms with Gasteiger partial charge < -0.3 is 5.32 Å². The molecule has 6 nitrogen and oxygen atoms in total. The maximum atomic E-state index is 13.0. The molecule has 1 amide bonds. The third kappa shape index (κ3) is 4.14. The molecule has 0 unspecified atom stereocenters. The van der Waals surface area contributed by atoms with Gasteiger partial charge in [-0.05, 0) is 36.3 Å². The van der Waals surface area contributed by atoms with Crippen molar-refractivity contribution in [3.63, 3.8) is 0 Å². The van der Waals surface area contributed by atoms with Crippen molar-refractivity contribution in [2.45, 2.75) is 13.5 Å². The van der Waals surface area contributed by atoms with E-state index in [2.05, 4.69) is 20.4 Å². The van der Waals surface area contributed by atoms with E-state index in [-0.39, 0.29) is 11.7 Å². The number of benzene rings is 1. The Hall–Kier alpha value is -3.35. The summed E-state index contributed by atoms with van der Waals surface area (Å²) in [4.78, 5) is 20.3. The number of amides is 1. The zero-order valence-corrected chi connectivity index (χ0v) is 13.6. The molecule has 0 aliphatic carbocycles. The Bertz CT molecular complexity index is 888. The second-order valence-electron chi connectivity index (χ2n) is 5.38. The molecule has 25 heavy (non-hydrogen) atoms. The van der Waals surface area contributed by atoms with Crippen LogP contribution in [-0.4, -0.2) is 25.7 Å². The first-order valence-corrected chi connectivity index (χ1v) is 7.64. The third-order valence-electron chi connectivity index (χ3n) is 3.60. The van der Waals surface area contributed by atoms with Crippen LogP contribution in [0.4, 0.5) is 4.39 Å². The van der Waals surface area contributed by atoms with Crippen molar-refractivity contribution in [3.8, 4) is 5.82 Å². The van der Waals surface area contributed by atoms with Crippen molar-refractivity contribution in [1.29, 1.82) is 0 Å². The third-order valence-corrected chi connectivity index (χ3v) is 3.60. The van der Waals surface area contributed by atoms with Gasteiger partial charge in [0.15, 0.2) is 5.82 Å². The van der Waals surface area contributed by atoms with Crippen molar-refractivity contribution < 1.29 is 9.18 Å². The normalized spacial score (nSPS) is 11.4. The molecule has 0 saturated carbocycles. The first-order chi connectivity index (χ1) is 12.1. The van der Waals surface area contributed by atoms with Gasteiger partial charge in [0.1, 0.15) is 18.5 Å². The van der Waals surface area contributed by atoms with Crippen molar-refractivity contribution in [2.24, 2.45) is 0 Å². The fraction of sp³-hybridized carbons (Fsp3) is 0.111. The highest BCUT2D eigenvalue weighted by atomic mass is 19.1. The van der Waals surface area contributed by atoms with Gasteiger partial charge in [-0.1, -0.05) is 18.2 Å². The Morgan fingerprint density at radius 1 is 1.28 bits per heavy atom. The van der Waals surface area contributed by atoms with E-state index in [0.29, 0.717) is 12.4 Å². The molecule has 0 fully saturated rings. The van der Waals surface area contributed by atoms with Crippen LogP contribution in [0.1, 0.15) is 18.1 Å². The maximum Gasteiger partial charge on any atom is 0.244 e. The Labute approximate surface area is 144 Å². The molecule has 2 heterocycles. The van der Waals surface area contributed by atoms with E-state index in [1.54, 1.807) is 42.3 Å². The van der Waals surface area contributed by atoms with Crippen LogP contribution in [-0.2, 0) is 11.3 Å². The lowest BCUT2D eigenvalue weighted by Crippen LogP contribution is -2.22. The van der Waals surface area contributed by atoms with Gasteiger partial charge in [-0.25, -0.2) is 19.0 Å². The number of nitrogens with one attached hydrogen (secondary N) is 1. The average Bonchev–Trinajstić information content (AvgIpc) is 3.15. The summed E-state index contributed by atoms with van der Waals surface area (Å²) in [5.41, 5.74) is 2.36. The molecule has 0 aliphatic rings. The van der Waals surface area contributed by atoms with E-state index in [4.69, 9.17) is 0 Å². The number of carbonyl (C=O) groups excluding carboxylic acids is 1. The number of nitrogens with zero attached hydrogens (tertiary/aromatic N) is 4. The minimum atomic E-state index is -0.307. The van der Waals surface area contributed by atoms with E-state index in [9.17, 15) is 9.18 Å². The Morgan fingerprint density at radius 3 is 2.80 bits per heavy atom. The van der Waals surface area contributed by atoms with E-state index in [1.807, 2.05) is 6.07 Å². The average molecular weight is 337 g/mol. The highest BCUT2D eigenvalue weighted by molar-refractivity contribution is 5.94. The van der Waals surface area contributed by atoms with Gasteiger partial charge in [-0.2, -0.15) is 5.10 Å². The molecule has 0 aliphatic heterocycles. The van der Waals surface area contributed by atoms with Gasteiger partial charge in [0.2, 0.25) is 5.91 Å². The van der Waals surface area contributed by atoms with Crippen LogP contribution in [0.2, 0.25) is 0 Å². The van der Waals surface area contributed by atoms with Crippen molar-refractivity contribution >= 4 is 11.5 Å². The Kier molecular flexibility index (Phi) is 4.94. The lowest BCUT2D eigenvalue weighted by molar-refractivity contribution is -0.116. The van der Waals surface area contributed by atoms with Gasteiger partial charge in [0, 0.05) is 24.4 Å². The summed E-state index contributed by atoms with van der Waals surface area (Å²) in [6, 6.07) is 9.66. The molecule has 1 N–H and O–H groups in total. The Morgan fingerprint density at radius 2 is 2.08 bits per heavy atom. The highest BCUT2D eigenvalue weighted by Crippen LogP contribution is 2.14. The number of hydrogen-bond donors (Lipinski definition) is 1. The molecule has 3 aromatic rings. The summed E-state index contributed by atoms with van der Waals surface area (Å²) in [7, 11) is 0. The standard InChI is InChI=1S/C18H16FN5O/c1-13(14-4-6-16(19)7-5-14)9-17(25)22-10-15-3-2-8-21-18(15)24-12-20-11-23-24/h2-9,11-12H,10H2,1H3,(H,22,25)/b13-9-. The zero-order chi connectivity index (χ0) is 17.6. The van der Waals surface area contributed by atoms with E-state index in [0.717, 1.165) is 16.7 Å². The molecule has 0 atom stereocenters. The lowest BCUT2D eigenvalue weighted by atomic mass is 10.1. The first-order valence-electron chi connectivity index (χ1n) is 7.64. The van der Waals surface area contributed by atoms with Crippen LogP contribution in [0.3, 0.4) is 0 Å². The number of halogens is 1. The minimum absolute atomic E-state index is 0.241. The summed E-state index contributed by atoms with van der Waals surface area (Å²) < 4.78 is 14.5. The van der Waals surface area contributed by atoms with Gasteiger partial charge in [-0.15, -0.1) is 0 Å². The van der Waals surface area contributed by atoms with Crippen LogP contribution in [0.5, 0.6) is 0 Å². The highest BCUT2D eigenvalue weighted by Gasteiger charge is 2.08. The summed E-state index contributed by atoms with van der Waals surface area (Å²) in [6.07, 6.45) is 6.11. The quantitative estimate of drug-likeness (QED) is 0.726. The number of pyridine rings is 1. The molecule has 126 valence electrons. The molecule has 1 aromatic carbocycles. The van der Waals surface area contributed by atoms with Gasteiger partial charge >= 0.3 is 0 Å². The number of carbonyl (C=O) groups is 1. The predicted molar refractivity (Wildman–Crippen MR) is 91.1 cm³/mol. The summed E-state index contributed by atoms with van der Waals surface area (Å²) in [5, 5.41) is 6.88. The monoisotopic (exact) mass is 337 g/mol. The van der Waals surface area contributed by atoms with Crippen LogP contribution in [0.25, 0.3) is 11.4 Å². The number of allylic oxidation sites excluding steroid dienone is 1. The first kappa shape index (κ1) is 16.5. The van der Waals surface area contributed by atoms with Crippen LogP contribution < -0.4 is 5.32 Å². The fourth-order valence-corrected chi connectivity index (χ4v) is 2.32. The maximum absolute atomic E-state index is 13.0. The van der Waals surface area contributed by atoms with E-state index >= 15 is 0 Å². The number of aromatic nitrogens is 4. The van der Waals surface area contributed by atoms with Crippen LogP contribution in [0, 0.1) is 5.82 Å². The number of rotatable bonds is 5. The topological polar surface area (TPSA) is 72.7 Å². The smallest absolute Gasteiger partial charge is 0.244 e. The molecular formula is C18H16FN5O. The van der Waals surface area contributed by atoms with Crippen molar-refractivity contribution in [3.05, 3.63) is 78.3 Å². The lowest BCUT2D eigenvalue weighted by Gasteiger charge is -2.08. The second kappa shape index (κ2) is 7.48. The molecule has 0 radical (unpaired) electrons. The molecule has 3 rings (SSSR count). The fourth-order valence-electron chi connectivity index (χ4n) is 2.32. The van der Waals surface area contributed by atoms with Gasteiger partial charge in [0.05, 0.1) is 0 Å². The van der Waals surface area contributed by atoms with Crippen molar-refractivity contribution in [2.75, 3.05) is 0 Å². The van der Waals surface area contributed by atoms with Gasteiger partial charge in [0.25, 0.3) is 0 Å². The SMILES string of the molecule is C/C(=C/C(=O)NCc1cccnc1-n1cncn1)c1ccc(F)cc1.